The van der Waals surface area contributed by atoms with Crippen LogP contribution >= 0.6 is 0 Å². The van der Waals surface area contributed by atoms with E-state index in [2.05, 4.69) is 0 Å². The van der Waals surface area contributed by atoms with Gasteiger partial charge in [0, 0.05) is 0 Å². The Labute approximate surface area is 131 Å². The van der Waals surface area contributed by atoms with Crippen LogP contribution in [0.2, 0.25) is 0 Å². The summed E-state index contributed by atoms with van der Waals surface area (Å²) in [5, 5.41) is 0. The molecule has 3 aromatic rings. The van der Waals surface area contributed by atoms with Gasteiger partial charge < -0.3 is 4.74 Å². The Morgan fingerprint density at radius 3 is 2.57 bits per heavy atom. The number of para-hydroxylation sites is 2. The van der Waals surface area contributed by atoms with E-state index in [9.17, 15) is 14.0 Å². The van der Waals surface area contributed by atoms with Crippen molar-refractivity contribution in [2.24, 2.45) is 0 Å². The number of carbonyl (C=O) groups is 1. The molecule has 0 atom stereocenters. The second-order valence-corrected chi connectivity index (χ2v) is 5.02. The minimum absolute atomic E-state index is 0.170. The van der Waals surface area contributed by atoms with Crippen LogP contribution in [-0.2, 0) is 11.3 Å². The largest absolute Gasteiger partial charge is 0.449 e. The van der Waals surface area contributed by atoms with Gasteiger partial charge in [-0.2, -0.15) is 4.57 Å². The van der Waals surface area contributed by atoms with Crippen LogP contribution < -0.4 is 5.69 Å². The van der Waals surface area contributed by atoms with Gasteiger partial charge in [-0.1, -0.05) is 24.3 Å². The summed E-state index contributed by atoms with van der Waals surface area (Å²) in [6.45, 7) is 2.02. The second kappa shape index (κ2) is 6.08. The minimum atomic E-state index is -0.716. The molecular weight excluding hydrogens is 299 g/mol. The number of fused-ring (bicyclic) bond motifs is 1. The van der Waals surface area contributed by atoms with Gasteiger partial charge in [-0.05, 0) is 36.8 Å². The molecule has 0 fully saturated rings. The van der Waals surface area contributed by atoms with Crippen LogP contribution in [0.1, 0.15) is 12.5 Å². The maximum Gasteiger partial charge on any atom is 0.422 e. The fraction of sp³-hybridized carbons (Fsp3) is 0.176. The normalized spacial score (nSPS) is 10.9. The highest BCUT2D eigenvalue weighted by Gasteiger charge is 2.19. The quantitative estimate of drug-likeness (QED) is 0.747. The maximum absolute atomic E-state index is 13.4. The maximum atomic E-state index is 13.4. The number of halogens is 1. The van der Waals surface area contributed by atoms with E-state index in [0.29, 0.717) is 16.6 Å². The van der Waals surface area contributed by atoms with Crippen LogP contribution in [0.3, 0.4) is 0 Å². The molecule has 0 saturated carbocycles. The van der Waals surface area contributed by atoms with Crippen LogP contribution in [0.25, 0.3) is 11.0 Å². The van der Waals surface area contributed by atoms with Crippen LogP contribution in [0, 0.1) is 5.82 Å². The van der Waals surface area contributed by atoms with Crippen molar-refractivity contribution in [3.8, 4) is 0 Å². The molecule has 5 nitrogen and oxygen atoms in total. The van der Waals surface area contributed by atoms with E-state index in [1.807, 2.05) is 0 Å². The highest BCUT2D eigenvalue weighted by atomic mass is 19.1. The number of ether oxygens (including phenoxy) is 1. The Hall–Kier alpha value is -2.89. The Morgan fingerprint density at radius 1 is 1.13 bits per heavy atom. The Kier molecular flexibility index (Phi) is 3.97. The summed E-state index contributed by atoms with van der Waals surface area (Å²) in [5.41, 5.74) is 1.19. The molecule has 0 N–H and O–H groups in total. The van der Waals surface area contributed by atoms with Gasteiger partial charge in [-0.15, -0.1) is 0 Å². The first-order chi connectivity index (χ1) is 11.1. The lowest BCUT2D eigenvalue weighted by molar-refractivity contribution is 0.154. The lowest BCUT2D eigenvalue weighted by Gasteiger charge is -2.03. The van der Waals surface area contributed by atoms with Crippen LogP contribution in [0.5, 0.6) is 0 Å². The first kappa shape index (κ1) is 15.0. The summed E-state index contributed by atoms with van der Waals surface area (Å²) in [6, 6.07) is 13.0. The third-order valence-corrected chi connectivity index (χ3v) is 3.52. The van der Waals surface area contributed by atoms with Crippen molar-refractivity contribution in [1.29, 1.82) is 0 Å². The number of hydrogen-bond donors (Lipinski definition) is 0. The molecule has 0 amide bonds. The predicted molar refractivity (Wildman–Crippen MR) is 84.1 cm³/mol. The molecule has 3 rings (SSSR count). The molecule has 1 heterocycles. The van der Waals surface area contributed by atoms with Crippen LogP contribution in [0.15, 0.2) is 53.3 Å². The van der Waals surface area contributed by atoms with Crippen LogP contribution in [0.4, 0.5) is 9.18 Å². The third kappa shape index (κ3) is 2.75. The van der Waals surface area contributed by atoms with Crippen molar-refractivity contribution in [2.45, 2.75) is 13.5 Å². The lowest BCUT2D eigenvalue weighted by atomic mass is 10.2. The van der Waals surface area contributed by atoms with Gasteiger partial charge in [0.05, 0.1) is 24.2 Å². The average molecular weight is 314 g/mol. The third-order valence-electron chi connectivity index (χ3n) is 3.52. The monoisotopic (exact) mass is 314 g/mol. The smallest absolute Gasteiger partial charge is 0.422 e. The van der Waals surface area contributed by atoms with E-state index in [1.165, 1.54) is 16.7 Å². The van der Waals surface area contributed by atoms with Gasteiger partial charge in [0.15, 0.2) is 0 Å². The second-order valence-electron chi connectivity index (χ2n) is 5.02. The SMILES string of the molecule is CCOC(=O)n1c(=O)n(Cc2cccc(F)c2)c2ccccc21. The molecule has 0 radical (unpaired) electrons. The molecule has 2 aromatic carbocycles. The van der Waals surface area contributed by atoms with E-state index in [-0.39, 0.29) is 19.0 Å². The van der Waals surface area contributed by atoms with Gasteiger partial charge in [-0.3, -0.25) is 4.57 Å². The summed E-state index contributed by atoms with van der Waals surface area (Å²) in [4.78, 5) is 24.7. The van der Waals surface area contributed by atoms with Crippen molar-refractivity contribution < 1.29 is 13.9 Å². The predicted octanol–water partition coefficient (Wildman–Crippen LogP) is 3.00. The van der Waals surface area contributed by atoms with Crippen molar-refractivity contribution in [3.63, 3.8) is 0 Å². The molecule has 23 heavy (non-hydrogen) atoms. The number of nitrogens with zero attached hydrogens (tertiary/aromatic N) is 2. The topological polar surface area (TPSA) is 53.2 Å². The first-order valence-corrected chi connectivity index (χ1v) is 7.23. The number of aromatic nitrogens is 2. The van der Waals surface area contributed by atoms with E-state index >= 15 is 0 Å². The zero-order chi connectivity index (χ0) is 16.4. The average Bonchev–Trinajstić information content (AvgIpc) is 2.80. The molecule has 0 aliphatic carbocycles. The number of hydrogen-bond acceptors (Lipinski definition) is 3. The summed E-state index contributed by atoms with van der Waals surface area (Å²) in [5.74, 6) is -0.371. The summed E-state index contributed by atoms with van der Waals surface area (Å²) in [7, 11) is 0. The van der Waals surface area contributed by atoms with Gasteiger partial charge >= 0.3 is 11.8 Å². The zero-order valence-corrected chi connectivity index (χ0v) is 12.5. The van der Waals surface area contributed by atoms with E-state index < -0.39 is 11.8 Å². The van der Waals surface area contributed by atoms with E-state index in [0.717, 1.165) is 4.57 Å². The summed E-state index contributed by atoms with van der Waals surface area (Å²) in [6.07, 6.45) is -0.716. The fourth-order valence-electron chi connectivity index (χ4n) is 2.54. The van der Waals surface area contributed by atoms with Gasteiger partial charge in [-0.25, -0.2) is 14.0 Å². The summed E-state index contributed by atoms with van der Waals surface area (Å²) >= 11 is 0. The van der Waals surface area contributed by atoms with Crippen molar-refractivity contribution in [1.82, 2.24) is 9.13 Å². The standard InChI is InChI=1S/C17H15FN2O3/c1-2-23-17(22)20-15-9-4-3-8-14(15)19(16(20)21)11-12-6-5-7-13(18)10-12/h3-10H,2,11H2,1H3. The molecule has 0 saturated heterocycles. The summed E-state index contributed by atoms with van der Waals surface area (Å²) < 4.78 is 20.7. The molecule has 0 aliphatic heterocycles. The molecule has 1 aromatic heterocycles. The number of benzene rings is 2. The van der Waals surface area contributed by atoms with Gasteiger partial charge in [0.1, 0.15) is 5.82 Å². The molecule has 0 unspecified atom stereocenters. The molecule has 6 heteroatoms. The minimum Gasteiger partial charge on any atom is -0.449 e. The Balaban J connectivity index is 2.15. The Morgan fingerprint density at radius 2 is 1.87 bits per heavy atom. The lowest BCUT2D eigenvalue weighted by Crippen LogP contribution is -2.30. The number of rotatable bonds is 3. The molecule has 118 valence electrons. The highest BCUT2D eigenvalue weighted by molar-refractivity contribution is 5.86. The van der Waals surface area contributed by atoms with Crippen molar-refractivity contribution in [3.05, 3.63) is 70.4 Å². The number of imidazole rings is 1. The molecular formula is C17H15FN2O3. The zero-order valence-electron chi connectivity index (χ0n) is 12.5. The highest BCUT2D eigenvalue weighted by Crippen LogP contribution is 2.15. The molecule has 0 spiro atoms. The van der Waals surface area contributed by atoms with Crippen LogP contribution in [-0.4, -0.2) is 21.8 Å². The fourth-order valence-corrected chi connectivity index (χ4v) is 2.54. The van der Waals surface area contributed by atoms with Gasteiger partial charge in [0.25, 0.3) is 0 Å². The van der Waals surface area contributed by atoms with E-state index in [1.54, 1.807) is 43.3 Å². The first-order valence-electron chi connectivity index (χ1n) is 7.23. The van der Waals surface area contributed by atoms with Gasteiger partial charge in [0.2, 0.25) is 0 Å². The van der Waals surface area contributed by atoms with Crippen molar-refractivity contribution in [2.75, 3.05) is 6.61 Å². The molecule has 0 aliphatic rings. The molecule has 0 bridgehead atoms. The Bertz CT molecular complexity index is 927. The number of carbonyl (C=O) groups excluding carboxylic acids is 1. The van der Waals surface area contributed by atoms with E-state index in [4.69, 9.17) is 4.74 Å². The van der Waals surface area contributed by atoms with Crippen molar-refractivity contribution >= 4 is 17.1 Å².